The second-order valence-electron chi connectivity index (χ2n) is 6.72. The molecule has 0 amide bonds. The minimum atomic E-state index is 0.426. The maximum absolute atomic E-state index is 5.73. The van der Waals surface area contributed by atoms with Crippen LogP contribution in [0.3, 0.4) is 0 Å². The molecule has 0 spiro atoms. The zero-order valence-corrected chi connectivity index (χ0v) is 15.0. The maximum atomic E-state index is 5.73. The monoisotopic (exact) mass is 330 g/mol. The average molecular weight is 330 g/mol. The molecule has 2 nitrogen and oxygen atoms in total. The van der Waals surface area contributed by atoms with Gasteiger partial charge in [-0.1, -0.05) is 80.6 Å². The highest BCUT2D eigenvalue weighted by Crippen LogP contribution is 2.37. The third-order valence-corrected chi connectivity index (χ3v) is 4.68. The Hall–Kier alpha value is -2.42. The van der Waals surface area contributed by atoms with E-state index < -0.39 is 0 Å². The van der Waals surface area contributed by atoms with E-state index in [0.717, 1.165) is 11.1 Å². The largest absolute Gasteiger partial charge is 0.326 e. The van der Waals surface area contributed by atoms with E-state index in [-0.39, 0.29) is 0 Å². The van der Waals surface area contributed by atoms with Crippen LogP contribution >= 0.6 is 0 Å². The molecule has 3 aromatic rings. The van der Waals surface area contributed by atoms with Crippen molar-refractivity contribution in [2.75, 3.05) is 0 Å². The molecule has 128 valence electrons. The van der Waals surface area contributed by atoms with Crippen LogP contribution in [0, 0.1) is 0 Å². The molecule has 3 rings (SSSR count). The predicted octanol–water partition coefficient (Wildman–Crippen LogP) is 5.06. The molecule has 0 bridgehead atoms. The summed E-state index contributed by atoms with van der Waals surface area (Å²) < 4.78 is 0. The van der Waals surface area contributed by atoms with Crippen LogP contribution in [-0.2, 0) is 13.1 Å². The number of hydrogen-bond donors (Lipinski definition) is 2. The van der Waals surface area contributed by atoms with Crippen molar-refractivity contribution in [1.82, 2.24) is 0 Å². The third kappa shape index (κ3) is 3.65. The summed E-state index contributed by atoms with van der Waals surface area (Å²) in [5, 5.41) is 0. The van der Waals surface area contributed by atoms with Crippen LogP contribution in [0.15, 0.2) is 66.7 Å². The molecule has 3 aromatic carbocycles. The normalized spacial score (nSPS) is 11.1. The van der Waals surface area contributed by atoms with Gasteiger partial charge in [0.1, 0.15) is 0 Å². The first kappa shape index (κ1) is 17.4. The SMILES string of the molecule is CC(C)c1c(-c2ccc(CN)cc2)cccc1-c1ccc(CN)cc1. The number of nitrogens with two attached hydrogens (primary N) is 2. The van der Waals surface area contributed by atoms with Crippen molar-refractivity contribution in [3.05, 3.63) is 83.4 Å². The third-order valence-electron chi connectivity index (χ3n) is 4.68. The van der Waals surface area contributed by atoms with Crippen LogP contribution in [0.5, 0.6) is 0 Å². The highest BCUT2D eigenvalue weighted by molar-refractivity contribution is 5.79. The van der Waals surface area contributed by atoms with E-state index in [9.17, 15) is 0 Å². The van der Waals surface area contributed by atoms with Gasteiger partial charge in [0.05, 0.1) is 0 Å². The Balaban J connectivity index is 2.13. The van der Waals surface area contributed by atoms with Gasteiger partial charge in [0.15, 0.2) is 0 Å². The Bertz CT molecular complexity index is 765. The lowest BCUT2D eigenvalue weighted by atomic mass is 9.85. The average Bonchev–Trinajstić information content (AvgIpc) is 2.67. The van der Waals surface area contributed by atoms with E-state index in [1.807, 2.05) is 0 Å². The number of hydrogen-bond acceptors (Lipinski definition) is 2. The summed E-state index contributed by atoms with van der Waals surface area (Å²) in [4.78, 5) is 0. The summed E-state index contributed by atoms with van der Waals surface area (Å²) in [5.74, 6) is 0.426. The number of benzene rings is 3. The number of rotatable bonds is 5. The van der Waals surface area contributed by atoms with Gasteiger partial charge in [0.2, 0.25) is 0 Å². The van der Waals surface area contributed by atoms with Gasteiger partial charge in [-0.05, 0) is 44.9 Å². The van der Waals surface area contributed by atoms with Crippen molar-refractivity contribution in [2.24, 2.45) is 11.5 Å². The minimum Gasteiger partial charge on any atom is -0.326 e. The molecule has 0 aliphatic carbocycles. The molecular formula is C23H26N2. The molecule has 25 heavy (non-hydrogen) atoms. The first-order chi connectivity index (χ1) is 12.1. The molecule has 0 unspecified atom stereocenters. The fourth-order valence-electron chi connectivity index (χ4n) is 3.33. The van der Waals surface area contributed by atoms with E-state index in [1.54, 1.807) is 0 Å². The summed E-state index contributed by atoms with van der Waals surface area (Å²) in [6.45, 7) is 5.66. The van der Waals surface area contributed by atoms with E-state index in [4.69, 9.17) is 11.5 Å². The summed E-state index contributed by atoms with van der Waals surface area (Å²) in [7, 11) is 0. The molecule has 0 heterocycles. The molecule has 0 fully saturated rings. The summed E-state index contributed by atoms with van der Waals surface area (Å²) in [6, 6.07) is 23.7. The molecular weight excluding hydrogens is 304 g/mol. The van der Waals surface area contributed by atoms with Crippen LogP contribution < -0.4 is 11.5 Å². The topological polar surface area (TPSA) is 52.0 Å². The van der Waals surface area contributed by atoms with Crippen LogP contribution in [0.25, 0.3) is 22.3 Å². The van der Waals surface area contributed by atoms with Gasteiger partial charge in [-0.25, -0.2) is 0 Å². The van der Waals surface area contributed by atoms with Crippen molar-refractivity contribution in [3.63, 3.8) is 0 Å². The van der Waals surface area contributed by atoms with Gasteiger partial charge < -0.3 is 11.5 Å². The lowest BCUT2D eigenvalue weighted by molar-refractivity contribution is 0.871. The molecule has 0 aliphatic rings. The van der Waals surface area contributed by atoms with E-state index in [1.165, 1.54) is 27.8 Å². The van der Waals surface area contributed by atoms with Crippen LogP contribution in [-0.4, -0.2) is 0 Å². The molecule has 0 aliphatic heterocycles. The lowest BCUT2D eigenvalue weighted by Gasteiger charge is -2.19. The molecule has 2 heteroatoms. The second kappa shape index (κ2) is 7.64. The Morgan fingerprint density at radius 3 is 1.36 bits per heavy atom. The van der Waals surface area contributed by atoms with Gasteiger partial charge >= 0.3 is 0 Å². The van der Waals surface area contributed by atoms with Crippen molar-refractivity contribution in [3.8, 4) is 22.3 Å². The fraction of sp³-hybridized carbons (Fsp3) is 0.217. The predicted molar refractivity (Wildman–Crippen MR) is 107 cm³/mol. The zero-order chi connectivity index (χ0) is 17.8. The molecule has 4 N–H and O–H groups in total. The van der Waals surface area contributed by atoms with E-state index in [0.29, 0.717) is 19.0 Å². The Kier molecular flexibility index (Phi) is 5.32. The summed E-state index contributed by atoms with van der Waals surface area (Å²) in [5.41, 5.74) is 20.2. The summed E-state index contributed by atoms with van der Waals surface area (Å²) in [6.07, 6.45) is 0. The second-order valence-corrected chi connectivity index (χ2v) is 6.72. The Morgan fingerprint density at radius 1 is 0.640 bits per heavy atom. The van der Waals surface area contributed by atoms with E-state index in [2.05, 4.69) is 80.6 Å². The lowest BCUT2D eigenvalue weighted by Crippen LogP contribution is -1.99. The van der Waals surface area contributed by atoms with Crippen molar-refractivity contribution in [1.29, 1.82) is 0 Å². The maximum Gasteiger partial charge on any atom is 0.0178 e. The van der Waals surface area contributed by atoms with E-state index >= 15 is 0 Å². The molecule has 0 saturated carbocycles. The Morgan fingerprint density at radius 2 is 1.04 bits per heavy atom. The van der Waals surface area contributed by atoms with Gasteiger partial charge in [-0.2, -0.15) is 0 Å². The minimum absolute atomic E-state index is 0.426. The first-order valence-electron chi connectivity index (χ1n) is 8.85. The first-order valence-corrected chi connectivity index (χ1v) is 8.85. The highest BCUT2D eigenvalue weighted by atomic mass is 14.5. The summed E-state index contributed by atoms with van der Waals surface area (Å²) >= 11 is 0. The van der Waals surface area contributed by atoms with Crippen LogP contribution in [0.1, 0.15) is 36.5 Å². The molecule has 0 saturated heterocycles. The fourth-order valence-corrected chi connectivity index (χ4v) is 3.33. The smallest absolute Gasteiger partial charge is 0.0178 e. The van der Waals surface area contributed by atoms with Crippen molar-refractivity contribution in [2.45, 2.75) is 32.9 Å². The van der Waals surface area contributed by atoms with Crippen molar-refractivity contribution < 1.29 is 0 Å². The molecule has 0 radical (unpaired) electrons. The molecule has 0 atom stereocenters. The van der Waals surface area contributed by atoms with Crippen LogP contribution in [0.2, 0.25) is 0 Å². The van der Waals surface area contributed by atoms with Crippen molar-refractivity contribution >= 4 is 0 Å². The van der Waals surface area contributed by atoms with Gasteiger partial charge in [-0.3, -0.25) is 0 Å². The Labute approximate surface area is 150 Å². The van der Waals surface area contributed by atoms with Crippen LogP contribution in [0.4, 0.5) is 0 Å². The molecule has 0 aromatic heterocycles. The zero-order valence-electron chi connectivity index (χ0n) is 15.0. The van der Waals surface area contributed by atoms with Gasteiger partial charge in [-0.15, -0.1) is 0 Å². The quantitative estimate of drug-likeness (QED) is 0.687. The standard InChI is InChI=1S/C23H26N2/c1-16(2)23-21(19-10-6-17(14-24)7-11-19)4-3-5-22(23)20-12-8-18(15-25)9-13-20/h3-13,16H,14-15,24-25H2,1-2H3. The van der Waals surface area contributed by atoms with Gasteiger partial charge in [0.25, 0.3) is 0 Å². The van der Waals surface area contributed by atoms with Gasteiger partial charge in [0, 0.05) is 13.1 Å². The highest BCUT2D eigenvalue weighted by Gasteiger charge is 2.14.